The molecule has 1 aromatic heterocycles. The summed E-state index contributed by atoms with van der Waals surface area (Å²) in [7, 11) is 0. The van der Waals surface area contributed by atoms with Gasteiger partial charge in [-0.15, -0.1) is 0 Å². The Bertz CT molecular complexity index is 797. The second kappa shape index (κ2) is 4.41. The van der Waals surface area contributed by atoms with E-state index in [1.165, 1.54) is 24.3 Å². The van der Waals surface area contributed by atoms with Crippen molar-refractivity contribution in [2.75, 3.05) is 11.5 Å². The smallest absolute Gasteiger partial charge is 0.222 e. The third-order valence-corrected chi connectivity index (χ3v) is 3.00. The zero-order valence-electron chi connectivity index (χ0n) is 10.3. The third-order valence-electron chi connectivity index (χ3n) is 3.00. The Labute approximate surface area is 113 Å². The fourth-order valence-corrected chi connectivity index (χ4v) is 2.10. The van der Waals surface area contributed by atoms with Gasteiger partial charge in [0.1, 0.15) is 17.5 Å². The summed E-state index contributed by atoms with van der Waals surface area (Å²) < 4.78 is 27.5. The molecule has 20 heavy (non-hydrogen) atoms. The minimum Gasteiger partial charge on any atom is -0.383 e. The van der Waals surface area contributed by atoms with Crippen LogP contribution in [0.2, 0.25) is 0 Å². The van der Waals surface area contributed by atoms with Crippen LogP contribution in [0.4, 0.5) is 20.5 Å². The van der Waals surface area contributed by atoms with Crippen LogP contribution in [0.5, 0.6) is 0 Å². The van der Waals surface area contributed by atoms with Gasteiger partial charge in [0.05, 0.1) is 11.1 Å². The number of anilines is 2. The van der Waals surface area contributed by atoms with Gasteiger partial charge in [0, 0.05) is 5.39 Å². The number of fused-ring (bicyclic) bond motifs is 1. The molecule has 3 aromatic rings. The Morgan fingerprint density at radius 3 is 2.30 bits per heavy atom. The van der Waals surface area contributed by atoms with Crippen LogP contribution in [0.1, 0.15) is 0 Å². The summed E-state index contributed by atoms with van der Waals surface area (Å²) in [6.07, 6.45) is 0. The average Bonchev–Trinajstić information content (AvgIpc) is 2.37. The summed E-state index contributed by atoms with van der Waals surface area (Å²) in [4.78, 5) is 7.86. The lowest BCUT2D eigenvalue weighted by molar-refractivity contribution is 0.589. The quantitative estimate of drug-likeness (QED) is 0.714. The van der Waals surface area contributed by atoms with Crippen LogP contribution >= 0.6 is 0 Å². The molecule has 1 heterocycles. The molecule has 0 aliphatic heterocycles. The molecule has 0 amide bonds. The molecule has 4 nitrogen and oxygen atoms in total. The molecule has 0 fully saturated rings. The monoisotopic (exact) mass is 272 g/mol. The summed E-state index contributed by atoms with van der Waals surface area (Å²) in [5, 5.41) is 0.583. The Morgan fingerprint density at radius 1 is 0.900 bits per heavy atom. The number of hydrogen-bond donors (Lipinski definition) is 2. The first kappa shape index (κ1) is 12.3. The first-order valence-corrected chi connectivity index (χ1v) is 5.83. The lowest BCUT2D eigenvalue weighted by Crippen LogP contribution is -2.00. The van der Waals surface area contributed by atoms with E-state index in [1.54, 1.807) is 12.1 Å². The normalized spacial score (nSPS) is 10.9. The molecule has 0 saturated carbocycles. The first-order valence-electron chi connectivity index (χ1n) is 5.83. The molecule has 0 bridgehead atoms. The maximum absolute atomic E-state index is 13.8. The van der Waals surface area contributed by atoms with Crippen molar-refractivity contribution in [3.63, 3.8) is 0 Å². The first-order chi connectivity index (χ1) is 9.56. The van der Waals surface area contributed by atoms with Crippen LogP contribution in [0, 0.1) is 11.6 Å². The largest absolute Gasteiger partial charge is 0.383 e. The number of halogens is 2. The van der Waals surface area contributed by atoms with E-state index in [0.29, 0.717) is 16.5 Å². The topological polar surface area (TPSA) is 77.8 Å². The fourth-order valence-electron chi connectivity index (χ4n) is 2.10. The predicted molar refractivity (Wildman–Crippen MR) is 73.7 cm³/mol. The van der Waals surface area contributed by atoms with Gasteiger partial charge in [0.25, 0.3) is 0 Å². The van der Waals surface area contributed by atoms with Gasteiger partial charge in [-0.2, -0.15) is 4.98 Å². The lowest BCUT2D eigenvalue weighted by Gasteiger charge is -2.07. The van der Waals surface area contributed by atoms with Crippen LogP contribution in [-0.2, 0) is 0 Å². The van der Waals surface area contributed by atoms with E-state index in [-0.39, 0.29) is 17.3 Å². The van der Waals surface area contributed by atoms with Crippen molar-refractivity contribution in [3.05, 3.63) is 48.0 Å². The molecule has 0 saturated heterocycles. The highest BCUT2D eigenvalue weighted by Crippen LogP contribution is 2.29. The number of nitrogens with zero attached hydrogens (tertiary/aromatic N) is 2. The highest BCUT2D eigenvalue weighted by molar-refractivity contribution is 5.92. The van der Waals surface area contributed by atoms with Crippen molar-refractivity contribution in [1.29, 1.82) is 0 Å². The Hall–Kier alpha value is -2.76. The number of rotatable bonds is 1. The molecule has 100 valence electrons. The van der Waals surface area contributed by atoms with Crippen LogP contribution < -0.4 is 11.5 Å². The minimum atomic E-state index is -0.639. The number of benzene rings is 2. The molecular weight excluding hydrogens is 262 g/mol. The van der Waals surface area contributed by atoms with Crippen molar-refractivity contribution in [3.8, 4) is 11.1 Å². The molecule has 0 radical (unpaired) electrons. The Morgan fingerprint density at radius 2 is 1.60 bits per heavy atom. The SMILES string of the molecule is Nc1nc(N)c2ccc(-c3c(F)cccc3F)cc2n1. The highest BCUT2D eigenvalue weighted by atomic mass is 19.1. The highest BCUT2D eigenvalue weighted by Gasteiger charge is 2.12. The van der Waals surface area contributed by atoms with Gasteiger partial charge in [-0.3, -0.25) is 0 Å². The average molecular weight is 272 g/mol. The van der Waals surface area contributed by atoms with Gasteiger partial charge >= 0.3 is 0 Å². The molecular formula is C14H10F2N4. The number of hydrogen-bond acceptors (Lipinski definition) is 4. The zero-order chi connectivity index (χ0) is 14.3. The van der Waals surface area contributed by atoms with E-state index in [4.69, 9.17) is 11.5 Å². The van der Waals surface area contributed by atoms with E-state index < -0.39 is 11.6 Å². The maximum Gasteiger partial charge on any atom is 0.222 e. The zero-order valence-corrected chi connectivity index (χ0v) is 10.3. The molecule has 2 aromatic carbocycles. The Kier molecular flexibility index (Phi) is 2.71. The van der Waals surface area contributed by atoms with E-state index in [0.717, 1.165) is 0 Å². The van der Waals surface area contributed by atoms with Crippen molar-refractivity contribution >= 4 is 22.7 Å². The molecule has 0 aliphatic carbocycles. The van der Waals surface area contributed by atoms with E-state index in [2.05, 4.69) is 9.97 Å². The summed E-state index contributed by atoms with van der Waals surface area (Å²) >= 11 is 0. The molecule has 0 spiro atoms. The number of nitrogen functional groups attached to an aromatic ring is 2. The maximum atomic E-state index is 13.8. The van der Waals surface area contributed by atoms with E-state index >= 15 is 0 Å². The van der Waals surface area contributed by atoms with Gasteiger partial charge in [0.15, 0.2) is 0 Å². The predicted octanol–water partition coefficient (Wildman–Crippen LogP) is 2.74. The van der Waals surface area contributed by atoms with Gasteiger partial charge in [0.2, 0.25) is 5.95 Å². The summed E-state index contributed by atoms with van der Waals surface area (Å²) in [6.45, 7) is 0. The lowest BCUT2D eigenvalue weighted by atomic mass is 10.0. The summed E-state index contributed by atoms with van der Waals surface area (Å²) in [5.74, 6) is -1.03. The molecule has 3 rings (SSSR count). The van der Waals surface area contributed by atoms with Crippen molar-refractivity contribution in [2.24, 2.45) is 0 Å². The van der Waals surface area contributed by atoms with Crippen LogP contribution in [0.25, 0.3) is 22.0 Å². The molecule has 0 unspecified atom stereocenters. The van der Waals surface area contributed by atoms with E-state index in [9.17, 15) is 8.78 Å². The molecule has 6 heteroatoms. The second-order valence-corrected chi connectivity index (χ2v) is 4.30. The second-order valence-electron chi connectivity index (χ2n) is 4.30. The van der Waals surface area contributed by atoms with Gasteiger partial charge in [-0.25, -0.2) is 13.8 Å². The van der Waals surface area contributed by atoms with Gasteiger partial charge < -0.3 is 11.5 Å². The summed E-state index contributed by atoms with van der Waals surface area (Å²) in [5.41, 5.74) is 11.9. The van der Waals surface area contributed by atoms with Crippen molar-refractivity contribution in [1.82, 2.24) is 9.97 Å². The fraction of sp³-hybridized carbons (Fsp3) is 0. The summed E-state index contributed by atoms with van der Waals surface area (Å²) in [6, 6.07) is 8.43. The van der Waals surface area contributed by atoms with Crippen LogP contribution in [0.15, 0.2) is 36.4 Å². The minimum absolute atomic E-state index is 0.0150. The van der Waals surface area contributed by atoms with Crippen LogP contribution in [0.3, 0.4) is 0 Å². The number of aromatic nitrogens is 2. The van der Waals surface area contributed by atoms with Crippen molar-refractivity contribution in [2.45, 2.75) is 0 Å². The molecule has 0 aliphatic rings. The van der Waals surface area contributed by atoms with Gasteiger partial charge in [-0.05, 0) is 29.8 Å². The third kappa shape index (κ3) is 1.91. The molecule has 0 atom stereocenters. The Balaban J connectivity index is 2.28. The standard InChI is InChI=1S/C14H10F2N4/c15-9-2-1-3-10(16)12(9)7-4-5-8-11(6-7)19-14(18)20-13(8)17/h1-6H,(H4,17,18,19,20). The van der Waals surface area contributed by atoms with E-state index in [1.807, 2.05) is 0 Å². The molecule has 4 N–H and O–H groups in total. The van der Waals surface area contributed by atoms with Gasteiger partial charge in [-0.1, -0.05) is 12.1 Å². The van der Waals surface area contributed by atoms with Crippen LogP contribution in [-0.4, -0.2) is 9.97 Å². The number of nitrogens with two attached hydrogens (primary N) is 2. The van der Waals surface area contributed by atoms with Crippen molar-refractivity contribution < 1.29 is 8.78 Å².